The summed E-state index contributed by atoms with van der Waals surface area (Å²) in [6, 6.07) is 10.5. The van der Waals surface area contributed by atoms with Gasteiger partial charge in [-0.1, -0.05) is 18.2 Å². The molecule has 0 aliphatic rings. The zero-order valence-corrected chi connectivity index (χ0v) is 10.9. The van der Waals surface area contributed by atoms with Crippen molar-refractivity contribution in [3.05, 3.63) is 65.2 Å². The van der Waals surface area contributed by atoms with Crippen LogP contribution in [0.2, 0.25) is 0 Å². The average Bonchev–Trinajstić information content (AvgIpc) is 2.48. The first-order valence-electron chi connectivity index (χ1n) is 6.05. The van der Waals surface area contributed by atoms with Gasteiger partial charge in [-0.3, -0.25) is 4.79 Å². The fourth-order valence-corrected chi connectivity index (χ4v) is 1.82. The van der Waals surface area contributed by atoms with Crippen molar-refractivity contribution in [3.63, 3.8) is 0 Å². The number of nitrogens with zero attached hydrogens (tertiary/aromatic N) is 1. The van der Waals surface area contributed by atoms with Crippen LogP contribution in [0.1, 0.15) is 15.9 Å². The van der Waals surface area contributed by atoms with Crippen molar-refractivity contribution in [1.29, 1.82) is 0 Å². The van der Waals surface area contributed by atoms with Crippen molar-refractivity contribution >= 4 is 11.6 Å². The molecule has 2 rings (SSSR count). The van der Waals surface area contributed by atoms with Crippen molar-refractivity contribution in [2.24, 2.45) is 5.73 Å². The van der Waals surface area contributed by atoms with Crippen LogP contribution in [-0.2, 0) is 6.54 Å². The fourth-order valence-electron chi connectivity index (χ4n) is 1.82. The predicted octanol–water partition coefficient (Wildman–Crippen LogP) is 2.70. The second-order valence-electron chi connectivity index (χ2n) is 4.34. The highest BCUT2D eigenvalue weighted by Crippen LogP contribution is 2.19. The topological polar surface area (TPSA) is 46.3 Å². The first-order valence-corrected chi connectivity index (χ1v) is 6.05. The summed E-state index contributed by atoms with van der Waals surface area (Å²) in [5.74, 6) is -2.78. The minimum Gasteiger partial charge on any atom is -0.326 e. The number of hydrogen-bond donors (Lipinski definition) is 1. The molecule has 0 unspecified atom stereocenters. The molecule has 104 valence electrons. The maximum absolute atomic E-state index is 13.6. The van der Waals surface area contributed by atoms with E-state index in [9.17, 15) is 13.6 Å². The van der Waals surface area contributed by atoms with E-state index in [0.29, 0.717) is 12.2 Å². The Kier molecular flexibility index (Phi) is 4.10. The van der Waals surface area contributed by atoms with Crippen molar-refractivity contribution in [3.8, 4) is 0 Å². The molecule has 0 spiro atoms. The second kappa shape index (κ2) is 5.79. The zero-order chi connectivity index (χ0) is 14.7. The summed E-state index contributed by atoms with van der Waals surface area (Å²) in [5.41, 5.74) is 6.70. The Morgan fingerprint density at radius 3 is 2.40 bits per heavy atom. The Bertz CT molecular complexity index is 626. The molecule has 0 saturated carbocycles. The Balaban J connectivity index is 2.29. The number of nitrogens with two attached hydrogens (primary N) is 1. The van der Waals surface area contributed by atoms with Crippen LogP contribution in [0.5, 0.6) is 0 Å². The van der Waals surface area contributed by atoms with Crippen molar-refractivity contribution < 1.29 is 13.6 Å². The minimum absolute atomic E-state index is 0.296. The van der Waals surface area contributed by atoms with Crippen LogP contribution in [0.3, 0.4) is 0 Å². The number of rotatable bonds is 3. The Labute approximate surface area is 115 Å². The van der Waals surface area contributed by atoms with Gasteiger partial charge in [0.15, 0.2) is 11.6 Å². The van der Waals surface area contributed by atoms with E-state index >= 15 is 0 Å². The molecule has 0 radical (unpaired) electrons. The number of amides is 1. The van der Waals surface area contributed by atoms with Crippen LogP contribution >= 0.6 is 0 Å². The number of benzene rings is 2. The Hall–Kier alpha value is -2.27. The van der Waals surface area contributed by atoms with E-state index in [4.69, 9.17) is 5.73 Å². The number of hydrogen-bond acceptors (Lipinski definition) is 2. The van der Waals surface area contributed by atoms with E-state index < -0.39 is 17.5 Å². The Morgan fingerprint density at radius 2 is 1.80 bits per heavy atom. The highest BCUT2D eigenvalue weighted by Gasteiger charge is 2.19. The summed E-state index contributed by atoms with van der Waals surface area (Å²) >= 11 is 0. The van der Waals surface area contributed by atoms with Gasteiger partial charge in [0.2, 0.25) is 0 Å². The molecule has 0 aliphatic heterocycles. The quantitative estimate of drug-likeness (QED) is 0.937. The van der Waals surface area contributed by atoms with Gasteiger partial charge in [-0.15, -0.1) is 0 Å². The van der Waals surface area contributed by atoms with Gasteiger partial charge in [-0.25, -0.2) is 8.78 Å². The second-order valence-corrected chi connectivity index (χ2v) is 4.34. The molecule has 2 aromatic rings. The lowest BCUT2D eigenvalue weighted by Gasteiger charge is -2.18. The molecule has 0 fully saturated rings. The molecule has 5 heteroatoms. The number of carbonyl (C=O) groups is 1. The number of anilines is 1. The van der Waals surface area contributed by atoms with Crippen LogP contribution < -0.4 is 10.6 Å². The molecule has 0 atom stereocenters. The van der Waals surface area contributed by atoms with Gasteiger partial charge in [0, 0.05) is 19.3 Å². The molecule has 20 heavy (non-hydrogen) atoms. The lowest BCUT2D eigenvalue weighted by Crippen LogP contribution is -2.27. The highest BCUT2D eigenvalue weighted by molar-refractivity contribution is 6.05. The first kappa shape index (κ1) is 14.1. The van der Waals surface area contributed by atoms with E-state index in [0.717, 1.165) is 11.6 Å². The van der Waals surface area contributed by atoms with E-state index in [2.05, 4.69) is 0 Å². The molecule has 1 amide bonds. The van der Waals surface area contributed by atoms with Gasteiger partial charge in [0.05, 0.1) is 5.56 Å². The van der Waals surface area contributed by atoms with Crippen LogP contribution in [0, 0.1) is 11.6 Å². The van der Waals surface area contributed by atoms with Crippen LogP contribution in [0.4, 0.5) is 14.5 Å². The molecular weight excluding hydrogens is 262 g/mol. The third kappa shape index (κ3) is 2.67. The van der Waals surface area contributed by atoms with Crippen molar-refractivity contribution in [2.45, 2.75) is 6.54 Å². The smallest absolute Gasteiger partial charge is 0.261 e. The standard InChI is InChI=1S/C15H14F2N2O/c1-19(11-7-5-10(9-18)6-8-11)15(20)12-3-2-4-13(16)14(12)17/h2-8H,9,18H2,1H3. The normalized spacial score (nSPS) is 10.4. The summed E-state index contributed by atoms with van der Waals surface area (Å²) in [6.07, 6.45) is 0. The monoisotopic (exact) mass is 276 g/mol. The molecular formula is C15H14F2N2O. The van der Waals surface area contributed by atoms with Gasteiger partial charge in [-0.2, -0.15) is 0 Å². The summed E-state index contributed by atoms with van der Waals surface area (Å²) < 4.78 is 26.8. The lowest BCUT2D eigenvalue weighted by molar-refractivity contribution is 0.0988. The summed E-state index contributed by atoms with van der Waals surface area (Å²) in [6.45, 7) is 0.399. The minimum atomic E-state index is -1.14. The van der Waals surface area contributed by atoms with E-state index in [1.807, 2.05) is 0 Å². The van der Waals surface area contributed by atoms with Crippen LogP contribution in [0.15, 0.2) is 42.5 Å². The van der Waals surface area contributed by atoms with Crippen LogP contribution in [-0.4, -0.2) is 13.0 Å². The molecule has 0 saturated heterocycles. The lowest BCUT2D eigenvalue weighted by atomic mass is 10.1. The van der Waals surface area contributed by atoms with Crippen LogP contribution in [0.25, 0.3) is 0 Å². The van der Waals surface area contributed by atoms with Gasteiger partial charge in [0.1, 0.15) is 0 Å². The molecule has 2 aromatic carbocycles. The zero-order valence-electron chi connectivity index (χ0n) is 10.9. The average molecular weight is 276 g/mol. The number of carbonyl (C=O) groups excluding carboxylic acids is 1. The molecule has 0 aromatic heterocycles. The maximum Gasteiger partial charge on any atom is 0.261 e. The van der Waals surface area contributed by atoms with Gasteiger partial charge >= 0.3 is 0 Å². The Morgan fingerprint density at radius 1 is 1.15 bits per heavy atom. The van der Waals surface area contributed by atoms with Gasteiger partial charge in [-0.05, 0) is 29.8 Å². The molecule has 0 bridgehead atoms. The molecule has 2 N–H and O–H groups in total. The summed E-state index contributed by atoms with van der Waals surface area (Å²) in [7, 11) is 1.50. The third-order valence-corrected chi connectivity index (χ3v) is 3.05. The highest BCUT2D eigenvalue weighted by atomic mass is 19.2. The summed E-state index contributed by atoms with van der Waals surface area (Å²) in [4.78, 5) is 13.4. The maximum atomic E-state index is 13.6. The molecule has 0 heterocycles. The molecule has 3 nitrogen and oxygen atoms in total. The number of halogens is 2. The molecule has 0 aliphatic carbocycles. The van der Waals surface area contributed by atoms with E-state index in [1.54, 1.807) is 24.3 Å². The van der Waals surface area contributed by atoms with Crippen molar-refractivity contribution in [1.82, 2.24) is 0 Å². The van der Waals surface area contributed by atoms with Crippen molar-refractivity contribution in [2.75, 3.05) is 11.9 Å². The van der Waals surface area contributed by atoms with E-state index in [1.165, 1.54) is 24.1 Å². The van der Waals surface area contributed by atoms with Gasteiger partial charge < -0.3 is 10.6 Å². The summed E-state index contributed by atoms with van der Waals surface area (Å²) in [5, 5.41) is 0. The fraction of sp³-hybridized carbons (Fsp3) is 0.133. The largest absolute Gasteiger partial charge is 0.326 e. The van der Waals surface area contributed by atoms with Gasteiger partial charge in [0.25, 0.3) is 5.91 Å². The third-order valence-electron chi connectivity index (χ3n) is 3.05. The van der Waals surface area contributed by atoms with E-state index in [-0.39, 0.29) is 5.56 Å². The SMILES string of the molecule is CN(C(=O)c1cccc(F)c1F)c1ccc(CN)cc1. The predicted molar refractivity (Wildman–Crippen MR) is 73.4 cm³/mol. The first-order chi connectivity index (χ1) is 9.54.